The quantitative estimate of drug-likeness (QED) is 0.107. The first-order valence-electron chi connectivity index (χ1n) is 11.5. The Morgan fingerprint density at radius 2 is 1.56 bits per heavy atom. The fraction of sp³-hybridized carbons (Fsp3) is 0.478. The Morgan fingerprint density at radius 3 is 2.19 bits per heavy atom. The second kappa shape index (κ2) is 14.1. The molecule has 13 nitrogen and oxygen atoms in total. The number of benzene rings is 1. The minimum Gasteiger partial charge on any atom is -0.481 e. The maximum Gasteiger partial charge on any atom is 0.305 e. The number of para-hydroxylation sites is 1. The number of aryl methyl sites for hydroxylation is 1. The average molecular weight is 507 g/mol. The van der Waals surface area contributed by atoms with Crippen molar-refractivity contribution in [2.75, 3.05) is 33.7 Å². The Balaban J connectivity index is 1.77. The summed E-state index contributed by atoms with van der Waals surface area (Å²) in [5.41, 5.74) is 5.13. The highest BCUT2D eigenvalue weighted by molar-refractivity contribution is 5.90. The molecule has 198 valence electrons. The highest BCUT2D eigenvalue weighted by Gasteiger charge is 2.29. The summed E-state index contributed by atoms with van der Waals surface area (Å²) in [5.74, 6) is -3.44. The van der Waals surface area contributed by atoms with E-state index in [1.807, 2.05) is 43.4 Å². The maximum absolute atomic E-state index is 12.3. The monoisotopic (exact) mass is 506 g/mol. The molecule has 13 heteroatoms. The van der Waals surface area contributed by atoms with Gasteiger partial charge in [-0.3, -0.25) is 24.6 Å². The third-order valence-electron chi connectivity index (χ3n) is 5.46. The van der Waals surface area contributed by atoms with E-state index in [1.165, 1.54) is 0 Å². The molecule has 0 aliphatic carbocycles. The second-order valence-electron chi connectivity index (χ2n) is 8.14. The van der Waals surface area contributed by atoms with Crippen LogP contribution in [0.4, 0.5) is 0 Å². The van der Waals surface area contributed by atoms with Crippen LogP contribution in [0.25, 0.3) is 10.9 Å². The number of aliphatic hydroxyl groups excluding tert-OH is 2. The van der Waals surface area contributed by atoms with Crippen molar-refractivity contribution < 1.29 is 34.5 Å². The zero-order chi connectivity index (χ0) is 26.7. The lowest BCUT2D eigenvalue weighted by Crippen LogP contribution is -2.50. The van der Waals surface area contributed by atoms with Crippen molar-refractivity contribution in [3.63, 3.8) is 0 Å². The van der Waals surface area contributed by atoms with Crippen molar-refractivity contribution >= 4 is 34.6 Å². The van der Waals surface area contributed by atoms with Crippen molar-refractivity contribution in [1.82, 2.24) is 31.0 Å². The van der Waals surface area contributed by atoms with Crippen LogP contribution < -0.4 is 21.4 Å². The molecule has 2 aromatic rings. The van der Waals surface area contributed by atoms with Crippen LogP contribution in [0, 0.1) is 0 Å². The first-order chi connectivity index (χ1) is 17.1. The van der Waals surface area contributed by atoms with Gasteiger partial charge in [0.05, 0.1) is 13.0 Å². The van der Waals surface area contributed by atoms with E-state index in [9.17, 15) is 29.4 Å². The molecule has 0 aliphatic heterocycles. The van der Waals surface area contributed by atoms with Crippen LogP contribution in [0.3, 0.4) is 0 Å². The molecule has 0 spiro atoms. The van der Waals surface area contributed by atoms with Gasteiger partial charge < -0.3 is 35.8 Å². The van der Waals surface area contributed by atoms with Gasteiger partial charge in [0.25, 0.3) is 11.8 Å². The molecular formula is C23H34N6O7. The Morgan fingerprint density at radius 1 is 0.944 bits per heavy atom. The Hall–Kier alpha value is -3.52. The van der Waals surface area contributed by atoms with E-state index in [0.717, 1.165) is 16.6 Å². The van der Waals surface area contributed by atoms with Gasteiger partial charge in [-0.15, -0.1) is 0 Å². The van der Waals surface area contributed by atoms with E-state index >= 15 is 0 Å². The van der Waals surface area contributed by atoms with Gasteiger partial charge in [0, 0.05) is 50.9 Å². The van der Waals surface area contributed by atoms with Crippen LogP contribution in [0.2, 0.25) is 0 Å². The number of nitrogens with zero attached hydrogens (tertiary/aromatic N) is 2. The third-order valence-corrected chi connectivity index (χ3v) is 5.46. The zero-order valence-corrected chi connectivity index (χ0v) is 20.4. The number of carbonyl (C=O) groups is 4. The van der Waals surface area contributed by atoms with Gasteiger partial charge in [-0.2, -0.15) is 0 Å². The number of fused-ring (bicyclic) bond motifs is 1. The number of carboxylic acids is 1. The van der Waals surface area contributed by atoms with Gasteiger partial charge in [-0.05, 0) is 24.6 Å². The van der Waals surface area contributed by atoms with E-state index < -0.39 is 30.0 Å². The molecule has 0 saturated heterocycles. The second-order valence-corrected chi connectivity index (χ2v) is 8.14. The molecule has 1 heterocycles. The number of carboxylic acid groups (broad SMARTS) is 1. The predicted octanol–water partition coefficient (Wildman–Crippen LogP) is -1.86. The van der Waals surface area contributed by atoms with E-state index in [1.54, 1.807) is 0 Å². The van der Waals surface area contributed by atoms with Gasteiger partial charge in [-0.25, -0.2) is 5.01 Å². The molecule has 0 fully saturated rings. The summed E-state index contributed by atoms with van der Waals surface area (Å²) in [6.07, 6.45) is -4.25. The fourth-order valence-electron chi connectivity index (χ4n) is 3.46. The molecule has 2 rings (SSSR count). The minimum atomic E-state index is -2.05. The van der Waals surface area contributed by atoms with Crippen molar-refractivity contribution in [3.05, 3.63) is 36.0 Å². The van der Waals surface area contributed by atoms with Crippen LogP contribution in [0.15, 0.2) is 30.3 Å². The largest absolute Gasteiger partial charge is 0.481 e. The number of hydrogen-bond acceptors (Lipinski definition) is 8. The number of nitrogens with one attached hydrogen (secondary N) is 4. The van der Waals surface area contributed by atoms with Gasteiger partial charge in [0.2, 0.25) is 5.91 Å². The van der Waals surface area contributed by atoms with Crippen molar-refractivity contribution in [2.24, 2.45) is 0 Å². The molecule has 1 aromatic heterocycles. The Bertz CT molecular complexity index is 1060. The van der Waals surface area contributed by atoms with E-state index in [2.05, 4.69) is 32.0 Å². The normalized spacial score (nSPS) is 12.8. The number of amides is 3. The molecule has 0 bridgehead atoms. The summed E-state index contributed by atoms with van der Waals surface area (Å²) in [6.45, 7) is 0.906. The van der Waals surface area contributed by atoms with E-state index in [-0.39, 0.29) is 38.4 Å². The van der Waals surface area contributed by atoms with Crippen LogP contribution in [0.1, 0.15) is 18.5 Å². The topological polar surface area (TPSA) is 185 Å². The highest BCUT2D eigenvalue weighted by Crippen LogP contribution is 2.21. The third kappa shape index (κ3) is 8.61. The lowest BCUT2D eigenvalue weighted by molar-refractivity contribution is -0.146. The van der Waals surface area contributed by atoms with Gasteiger partial charge in [0.1, 0.15) is 0 Å². The first-order valence-corrected chi connectivity index (χ1v) is 11.5. The number of aliphatic hydroxyl groups is 2. The highest BCUT2D eigenvalue weighted by atomic mass is 16.4. The summed E-state index contributed by atoms with van der Waals surface area (Å²) < 4.78 is 2.09. The first kappa shape index (κ1) is 28.7. The standard InChI is InChI=1S/C23H34N6O7/c1-24-28(2)14-16-13-15-5-3-4-6-17(15)29(16)12-8-18(30)25-10-11-27-23(36)21(34)20(33)22(35)26-9-7-19(31)32/h3-6,13,20-21,24,33-34H,7-12,14H2,1-2H3,(H,25,30)(H,26,35)(H,27,36)(H,31,32). The number of hydrazine groups is 1. The molecule has 0 saturated carbocycles. The van der Waals surface area contributed by atoms with Crippen LogP contribution >= 0.6 is 0 Å². The smallest absolute Gasteiger partial charge is 0.305 e. The molecule has 2 unspecified atom stereocenters. The molecule has 1 aromatic carbocycles. The zero-order valence-electron chi connectivity index (χ0n) is 20.4. The van der Waals surface area contributed by atoms with Crippen molar-refractivity contribution in [2.45, 2.75) is 38.1 Å². The number of hydrogen-bond donors (Lipinski definition) is 7. The Kier molecular flexibility index (Phi) is 11.3. The van der Waals surface area contributed by atoms with Crippen molar-refractivity contribution in [1.29, 1.82) is 0 Å². The summed E-state index contributed by atoms with van der Waals surface area (Å²) in [4.78, 5) is 46.4. The van der Waals surface area contributed by atoms with Crippen LogP contribution in [0.5, 0.6) is 0 Å². The summed E-state index contributed by atoms with van der Waals surface area (Å²) in [7, 11) is 3.75. The average Bonchev–Trinajstić information content (AvgIpc) is 3.20. The lowest BCUT2D eigenvalue weighted by atomic mass is 10.1. The van der Waals surface area contributed by atoms with E-state index in [0.29, 0.717) is 13.1 Å². The number of aromatic nitrogens is 1. The van der Waals surface area contributed by atoms with Crippen LogP contribution in [-0.2, 0) is 32.3 Å². The summed E-state index contributed by atoms with van der Waals surface area (Å²) in [5, 5.41) is 38.2. The van der Waals surface area contributed by atoms with E-state index in [4.69, 9.17) is 5.11 Å². The molecule has 0 aliphatic rings. The molecule has 7 N–H and O–H groups in total. The molecule has 2 atom stereocenters. The number of carbonyl (C=O) groups excluding carboxylic acids is 3. The summed E-state index contributed by atoms with van der Waals surface area (Å²) >= 11 is 0. The fourth-order valence-corrected chi connectivity index (χ4v) is 3.46. The van der Waals surface area contributed by atoms with Crippen LogP contribution in [-0.4, -0.2) is 94.5 Å². The molecule has 0 radical (unpaired) electrons. The molecule has 3 amide bonds. The maximum atomic E-state index is 12.3. The number of rotatable bonds is 15. The lowest BCUT2D eigenvalue weighted by Gasteiger charge is -2.18. The molecular weight excluding hydrogens is 472 g/mol. The number of aliphatic carboxylic acids is 1. The molecule has 36 heavy (non-hydrogen) atoms. The minimum absolute atomic E-state index is 0.0281. The predicted molar refractivity (Wildman–Crippen MR) is 130 cm³/mol. The summed E-state index contributed by atoms with van der Waals surface area (Å²) in [6, 6.07) is 10.0. The SMILES string of the molecule is CNN(C)Cc1cc2ccccc2n1CCC(=O)NCCNC(=O)C(O)C(O)C(=O)NCCC(=O)O. The Labute approximate surface area is 208 Å². The van der Waals surface area contributed by atoms with Gasteiger partial charge >= 0.3 is 5.97 Å². The van der Waals surface area contributed by atoms with Gasteiger partial charge in [-0.1, -0.05) is 18.2 Å². The van der Waals surface area contributed by atoms with Gasteiger partial charge in [0.15, 0.2) is 12.2 Å². The van der Waals surface area contributed by atoms with Crippen molar-refractivity contribution in [3.8, 4) is 0 Å².